The molecule has 0 heteroatoms. The van der Waals surface area contributed by atoms with Crippen molar-refractivity contribution in [3.63, 3.8) is 0 Å². The lowest BCUT2D eigenvalue weighted by atomic mass is 9.75. The second-order valence-corrected chi connectivity index (χ2v) is 8.01. The molecule has 6 aliphatic carbocycles. The first kappa shape index (κ1) is 16.8. The zero-order valence-corrected chi connectivity index (χ0v) is 15.8. The summed E-state index contributed by atoms with van der Waals surface area (Å²) in [4.78, 5) is 0. The van der Waals surface area contributed by atoms with Crippen LogP contribution in [-0.4, -0.2) is 0 Å². The smallest absolute Gasteiger partial charge is 0.0209 e. The molecule has 8 radical (unpaired) electrons. The van der Waals surface area contributed by atoms with Crippen LogP contribution in [0.25, 0.3) is 0 Å². The molecule has 0 heterocycles. The van der Waals surface area contributed by atoms with Crippen LogP contribution in [0, 0.1) is 59.2 Å². The fourth-order valence-electron chi connectivity index (χ4n) is 5.45. The van der Waals surface area contributed by atoms with Crippen LogP contribution >= 0.6 is 0 Å². The molecule has 0 aromatic rings. The van der Waals surface area contributed by atoms with E-state index < -0.39 is 0 Å². The van der Waals surface area contributed by atoms with Crippen molar-refractivity contribution in [2.24, 2.45) is 11.8 Å². The van der Waals surface area contributed by atoms with E-state index in [0.29, 0.717) is 11.8 Å². The third-order valence-electron chi connectivity index (χ3n) is 6.65. The first-order valence-electron chi connectivity index (χ1n) is 10.3. The topological polar surface area (TPSA) is 0 Å². The van der Waals surface area contributed by atoms with Crippen molar-refractivity contribution in [2.45, 2.75) is 12.8 Å². The highest BCUT2D eigenvalue weighted by atomic mass is 14.5. The number of rotatable bonds is 3. The van der Waals surface area contributed by atoms with E-state index in [0.717, 1.165) is 6.42 Å². The van der Waals surface area contributed by atoms with Crippen molar-refractivity contribution < 1.29 is 0 Å². The third-order valence-corrected chi connectivity index (χ3v) is 6.65. The molecule has 134 valence electrons. The van der Waals surface area contributed by atoms with Gasteiger partial charge in [0.05, 0.1) is 0 Å². The Morgan fingerprint density at radius 3 is 1.82 bits per heavy atom. The van der Waals surface area contributed by atoms with E-state index in [-0.39, 0.29) is 0 Å². The Bertz CT molecular complexity index is 716. The summed E-state index contributed by atoms with van der Waals surface area (Å²) in [6.07, 6.45) is 38.2. The standard InChI is InChI=1S/C28H22/c1-5-13-23-19(9-1)20-10-2-6-14-24(20)27(23)17-18-28-25-15-7-3-11-21(25)22-12-4-8-16-26(22)28/h1-16,19,27H,17-18H2. The largest absolute Gasteiger partial charge is 0.0796 e. The number of fused-ring (bicyclic) bond motifs is 6. The Balaban J connectivity index is 1.25. The minimum Gasteiger partial charge on any atom is -0.0796 e. The molecule has 2 atom stereocenters. The molecule has 0 bridgehead atoms. The van der Waals surface area contributed by atoms with Crippen LogP contribution in [-0.2, 0) is 0 Å². The molecule has 0 N–H and O–H groups in total. The summed E-state index contributed by atoms with van der Waals surface area (Å²) >= 11 is 0. The molecule has 2 unspecified atom stereocenters. The van der Waals surface area contributed by atoms with Crippen LogP contribution in [0.3, 0.4) is 0 Å². The zero-order valence-electron chi connectivity index (χ0n) is 15.8. The van der Waals surface area contributed by atoms with Gasteiger partial charge in [-0.1, -0.05) is 97.2 Å². The predicted molar refractivity (Wildman–Crippen MR) is 115 cm³/mol. The van der Waals surface area contributed by atoms with Gasteiger partial charge in [0.25, 0.3) is 0 Å². The Hall–Kier alpha value is -2.08. The van der Waals surface area contributed by atoms with Gasteiger partial charge in [0.15, 0.2) is 0 Å². The minimum atomic E-state index is 0.472. The van der Waals surface area contributed by atoms with Crippen molar-refractivity contribution in [1.29, 1.82) is 0 Å². The first-order chi connectivity index (χ1) is 13.9. The highest BCUT2D eigenvalue weighted by molar-refractivity contribution is 5.76. The molecular weight excluding hydrogens is 336 g/mol. The van der Waals surface area contributed by atoms with Gasteiger partial charge in [-0.25, -0.2) is 0 Å². The van der Waals surface area contributed by atoms with Gasteiger partial charge in [-0.15, -0.1) is 0 Å². The SMILES string of the molecule is C1=C[C]2[C]3C=CC=C[C]3[C](CCC3[C]4C=CC=C[C]4C4C=CC=C[C]43)[C]2C=C1. The second-order valence-electron chi connectivity index (χ2n) is 8.01. The minimum absolute atomic E-state index is 0.472. The van der Waals surface area contributed by atoms with E-state index in [4.69, 9.17) is 0 Å². The monoisotopic (exact) mass is 358 g/mol. The van der Waals surface area contributed by atoms with Crippen LogP contribution in [0.4, 0.5) is 0 Å². The van der Waals surface area contributed by atoms with Crippen molar-refractivity contribution in [2.75, 3.05) is 0 Å². The molecular formula is C28H22. The van der Waals surface area contributed by atoms with Crippen LogP contribution in [0.15, 0.2) is 97.2 Å². The molecule has 0 spiro atoms. The van der Waals surface area contributed by atoms with E-state index in [2.05, 4.69) is 97.2 Å². The van der Waals surface area contributed by atoms with Crippen LogP contribution in [0.5, 0.6) is 0 Å². The normalized spacial score (nSPS) is 33.1. The zero-order chi connectivity index (χ0) is 18.5. The predicted octanol–water partition coefficient (Wildman–Crippen LogP) is 6.13. The van der Waals surface area contributed by atoms with Crippen molar-refractivity contribution >= 4 is 0 Å². The summed E-state index contributed by atoms with van der Waals surface area (Å²) < 4.78 is 0. The fourth-order valence-corrected chi connectivity index (χ4v) is 5.45. The number of hydrogen-bond donors (Lipinski definition) is 0. The van der Waals surface area contributed by atoms with E-state index >= 15 is 0 Å². The van der Waals surface area contributed by atoms with Crippen molar-refractivity contribution in [3.8, 4) is 0 Å². The first-order valence-corrected chi connectivity index (χ1v) is 10.3. The molecule has 0 saturated heterocycles. The Labute approximate surface area is 169 Å². The lowest BCUT2D eigenvalue weighted by Gasteiger charge is -2.27. The van der Waals surface area contributed by atoms with Gasteiger partial charge in [-0.05, 0) is 30.6 Å². The van der Waals surface area contributed by atoms with Crippen molar-refractivity contribution in [1.82, 2.24) is 0 Å². The molecule has 0 nitrogen and oxygen atoms in total. The van der Waals surface area contributed by atoms with Crippen LogP contribution in [0.1, 0.15) is 12.8 Å². The molecule has 2 fully saturated rings. The number of allylic oxidation sites excluding steroid dienone is 16. The summed E-state index contributed by atoms with van der Waals surface area (Å²) in [6, 6.07) is 0. The van der Waals surface area contributed by atoms with Gasteiger partial charge < -0.3 is 0 Å². The highest BCUT2D eigenvalue weighted by Gasteiger charge is 2.51. The lowest BCUT2D eigenvalue weighted by Crippen LogP contribution is -2.17. The van der Waals surface area contributed by atoms with E-state index in [1.54, 1.807) is 5.92 Å². The Kier molecular flexibility index (Phi) is 4.07. The van der Waals surface area contributed by atoms with Crippen molar-refractivity contribution in [3.05, 3.63) is 145 Å². The quantitative estimate of drug-likeness (QED) is 0.569. The average Bonchev–Trinajstić information content (AvgIpc) is 3.26. The van der Waals surface area contributed by atoms with Crippen LogP contribution < -0.4 is 0 Å². The Morgan fingerprint density at radius 2 is 1.11 bits per heavy atom. The maximum Gasteiger partial charge on any atom is 0.0209 e. The fraction of sp³-hybridized carbons (Fsp3) is 0.143. The maximum atomic E-state index is 2.36. The van der Waals surface area contributed by atoms with Gasteiger partial charge in [-0.2, -0.15) is 0 Å². The average molecular weight is 358 g/mol. The molecule has 0 aliphatic heterocycles. The molecule has 0 aromatic heterocycles. The van der Waals surface area contributed by atoms with Gasteiger partial charge in [0.1, 0.15) is 0 Å². The van der Waals surface area contributed by atoms with Gasteiger partial charge in [0, 0.05) is 41.4 Å². The molecule has 28 heavy (non-hydrogen) atoms. The molecule has 0 amide bonds. The molecule has 6 aliphatic rings. The summed E-state index contributed by atoms with van der Waals surface area (Å²) in [5.74, 6) is 12.8. The second kappa shape index (κ2) is 6.76. The highest BCUT2D eigenvalue weighted by Crippen LogP contribution is 2.61. The Morgan fingerprint density at radius 1 is 0.536 bits per heavy atom. The summed E-state index contributed by atoms with van der Waals surface area (Å²) in [5, 5.41) is 0. The van der Waals surface area contributed by atoms with E-state index in [1.165, 1.54) is 47.8 Å². The lowest BCUT2D eigenvalue weighted by molar-refractivity contribution is 0.562. The van der Waals surface area contributed by atoms with E-state index in [9.17, 15) is 0 Å². The summed E-state index contributed by atoms with van der Waals surface area (Å²) in [6.45, 7) is 0. The van der Waals surface area contributed by atoms with E-state index in [1.807, 2.05) is 0 Å². The van der Waals surface area contributed by atoms with Gasteiger partial charge >= 0.3 is 0 Å². The summed E-state index contributed by atoms with van der Waals surface area (Å²) in [5.41, 5.74) is 0. The molecule has 2 saturated carbocycles. The van der Waals surface area contributed by atoms with Gasteiger partial charge in [-0.3, -0.25) is 0 Å². The molecule has 6 rings (SSSR count). The van der Waals surface area contributed by atoms with Crippen LogP contribution in [0.2, 0.25) is 0 Å². The number of hydrogen-bond acceptors (Lipinski definition) is 0. The summed E-state index contributed by atoms with van der Waals surface area (Å²) in [7, 11) is 0. The molecule has 0 aromatic carbocycles. The van der Waals surface area contributed by atoms with Gasteiger partial charge in [0.2, 0.25) is 0 Å². The maximum absolute atomic E-state index is 2.36. The third kappa shape index (κ3) is 2.50.